The Labute approximate surface area is 197 Å². The Morgan fingerprint density at radius 3 is 2.06 bits per heavy atom. The summed E-state index contributed by atoms with van der Waals surface area (Å²) in [5.74, 6) is -0.475. The number of anilines is 1. The minimum atomic E-state index is -0.652. The summed E-state index contributed by atoms with van der Waals surface area (Å²) >= 11 is 0. The second-order valence-corrected chi connectivity index (χ2v) is 7.37. The van der Waals surface area contributed by atoms with Gasteiger partial charge in [0.05, 0.1) is 32.5 Å². The van der Waals surface area contributed by atoms with Gasteiger partial charge >= 0.3 is 11.9 Å². The molecular formula is C26H25NO7. The smallest absolute Gasteiger partial charge is 0.337 e. The SMILES string of the molecule is COC(=O)c1cc(NC(=O)c2ccc(OC)c(COc3cccc(C)c3)c2)cc(C(=O)OC)c1. The van der Waals surface area contributed by atoms with E-state index in [0.717, 1.165) is 5.56 Å². The number of methoxy groups -OCH3 is 3. The number of ether oxygens (including phenoxy) is 4. The average molecular weight is 463 g/mol. The quantitative estimate of drug-likeness (QED) is 0.494. The first-order valence-electron chi connectivity index (χ1n) is 10.3. The van der Waals surface area contributed by atoms with Crippen molar-refractivity contribution in [2.45, 2.75) is 13.5 Å². The molecule has 0 aliphatic rings. The van der Waals surface area contributed by atoms with Crippen molar-refractivity contribution in [3.8, 4) is 11.5 Å². The van der Waals surface area contributed by atoms with Crippen LogP contribution in [0.2, 0.25) is 0 Å². The maximum atomic E-state index is 13.0. The number of esters is 2. The van der Waals surface area contributed by atoms with Crippen LogP contribution in [0.1, 0.15) is 42.2 Å². The van der Waals surface area contributed by atoms with E-state index in [-0.39, 0.29) is 23.4 Å². The van der Waals surface area contributed by atoms with Crippen LogP contribution in [0, 0.1) is 6.92 Å². The Bertz CT molecular complexity index is 1190. The van der Waals surface area contributed by atoms with Crippen LogP contribution in [0.25, 0.3) is 0 Å². The van der Waals surface area contributed by atoms with Gasteiger partial charge in [0.25, 0.3) is 5.91 Å². The fourth-order valence-electron chi connectivity index (χ4n) is 3.27. The lowest BCUT2D eigenvalue weighted by Crippen LogP contribution is -2.15. The maximum absolute atomic E-state index is 13.0. The van der Waals surface area contributed by atoms with E-state index in [0.29, 0.717) is 22.6 Å². The molecule has 0 aliphatic heterocycles. The van der Waals surface area contributed by atoms with E-state index in [9.17, 15) is 14.4 Å². The first-order chi connectivity index (χ1) is 16.3. The van der Waals surface area contributed by atoms with Crippen LogP contribution < -0.4 is 14.8 Å². The minimum Gasteiger partial charge on any atom is -0.496 e. The third-order valence-electron chi connectivity index (χ3n) is 4.96. The number of hydrogen-bond acceptors (Lipinski definition) is 7. The summed E-state index contributed by atoms with van der Waals surface area (Å²) in [6, 6.07) is 16.7. The van der Waals surface area contributed by atoms with Gasteiger partial charge in [-0.2, -0.15) is 0 Å². The third-order valence-corrected chi connectivity index (χ3v) is 4.96. The summed E-state index contributed by atoms with van der Waals surface area (Å²) in [4.78, 5) is 37.0. The fraction of sp³-hybridized carbons (Fsp3) is 0.192. The summed E-state index contributed by atoms with van der Waals surface area (Å²) < 4.78 is 20.7. The number of carbonyl (C=O) groups excluding carboxylic acids is 3. The lowest BCUT2D eigenvalue weighted by atomic mass is 10.1. The van der Waals surface area contributed by atoms with Crippen molar-refractivity contribution in [3.63, 3.8) is 0 Å². The van der Waals surface area contributed by atoms with Gasteiger partial charge in [-0.05, 0) is 61.0 Å². The van der Waals surface area contributed by atoms with Crippen molar-refractivity contribution in [1.82, 2.24) is 0 Å². The first-order valence-corrected chi connectivity index (χ1v) is 10.3. The molecule has 8 nitrogen and oxygen atoms in total. The molecule has 1 amide bonds. The third kappa shape index (κ3) is 5.92. The predicted molar refractivity (Wildman–Crippen MR) is 126 cm³/mol. The molecule has 0 aliphatic carbocycles. The van der Waals surface area contributed by atoms with Gasteiger partial charge in [0.1, 0.15) is 18.1 Å². The second kappa shape index (κ2) is 11.0. The van der Waals surface area contributed by atoms with Crippen LogP contribution >= 0.6 is 0 Å². The van der Waals surface area contributed by atoms with Gasteiger partial charge in [-0.1, -0.05) is 12.1 Å². The standard InChI is InChI=1S/C26H25NO7/c1-16-6-5-7-22(10-16)34-15-20-11-17(8-9-23(20)31-2)24(28)27-21-13-18(25(29)32-3)12-19(14-21)26(30)33-4/h5-14H,15H2,1-4H3,(H,27,28). The van der Waals surface area contributed by atoms with Crippen LogP contribution in [0.3, 0.4) is 0 Å². The van der Waals surface area contributed by atoms with Gasteiger partial charge in [-0.3, -0.25) is 4.79 Å². The number of amides is 1. The van der Waals surface area contributed by atoms with Crippen LogP contribution in [0.4, 0.5) is 5.69 Å². The molecule has 3 rings (SSSR count). The summed E-state index contributed by atoms with van der Waals surface area (Å²) in [5.41, 5.74) is 2.52. The molecular weight excluding hydrogens is 438 g/mol. The van der Waals surface area contributed by atoms with Crippen molar-refractivity contribution in [2.75, 3.05) is 26.6 Å². The van der Waals surface area contributed by atoms with E-state index >= 15 is 0 Å². The monoisotopic (exact) mass is 463 g/mol. The van der Waals surface area contributed by atoms with E-state index in [4.69, 9.17) is 18.9 Å². The highest BCUT2D eigenvalue weighted by atomic mass is 16.5. The Morgan fingerprint density at radius 2 is 1.47 bits per heavy atom. The second-order valence-electron chi connectivity index (χ2n) is 7.37. The molecule has 8 heteroatoms. The van der Waals surface area contributed by atoms with Crippen molar-refractivity contribution in [2.24, 2.45) is 0 Å². The predicted octanol–water partition coefficient (Wildman–Crippen LogP) is 4.41. The molecule has 0 unspecified atom stereocenters. The molecule has 1 N–H and O–H groups in total. The summed E-state index contributed by atoms with van der Waals surface area (Å²) in [5, 5.41) is 2.71. The zero-order chi connectivity index (χ0) is 24.7. The van der Waals surface area contributed by atoms with Crippen molar-refractivity contribution in [1.29, 1.82) is 0 Å². The van der Waals surface area contributed by atoms with Crippen molar-refractivity contribution >= 4 is 23.5 Å². The van der Waals surface area contributed by atoms with Gasteiger partial charge in [-0.25, -0.2) is 9.59 Å². The van der Waals surface area contributed by atoms with Crippen molar-refractivity contribution < 1.29 is 33.3 Å². The number of rotatable bonds is 8. The highest BCUT2D eigenvalue weighted by Crippen LogP contribution is 2.24. The number of nitrogens with one attached hydrogen (secondary N) is 1. The van der Waals surface area contributed by atoms with E-state index in [2.05, 4.69) is 5.32 Å². The average Bonchev–Trinajstić information content (AvgIpc) is 2.86. The normalized spacial score (nSPS) is 10.2. The highest BCUT2D eigenvalue weighted by Gasteiger charge is 2.16. The zero-order valence-electron chi connectivity index (χ0n) is 19.3. The molecule has 176 valence electrons. The number of hydrogen-bond donors (Lipinski definition) is 1. The summed E-state index contributed by atoms with van der Waals surface area (Å²) in [7, 11) is 3.99. The van der Waals surface area contributed by atoms with E-state index in [1.807, 2.05) is 31.2 Å². The lowest BCUT2D eigenvalue weighted by Gasteiger charge is -2.13. The molecule has 0 fully saturated rings. The Morgan fingerprint density at radius 1 is 0.794 bits per heavy atom. The fourth-order valence-corrected chi connectivity index (χ4v) is 3.27. The molecule has 0 bridgehead atoms. The molecule has 3 aromatic rings. The van der Waals surface area contributed by atoms with Gasteiger partial charge in [0.15, 0.2) is 0 Å². The lowest BCUT2D eigenvalue weighted by molar-refractivity contribution is 0.0599. The molecule has 0 heterocycles. The van der Waals surface area contributed by atoms with Crippen LogP contribution in [-0.4, -0.2) is 39.2 Å². The Hall–Kier alpha value is -4.33. The van der Waals surface area contributed by atoms with Crippen molar-refractivity contribution in [3.05, 3.63) is 88.5 Å². The molecule has 0 saturated heterocycles. The van der Waals surface area contributed by atoms with Crippen LogP contribution in [-0.2, 0) is 16.1 Å². The maximum Gasteiger partial charge on any atom is 0.337 e. The van der Waals surface area contributed by atoms with E-state index in [1.54, 1.807) is 18.2 Å². The molecule has 0 spiro atoms. The van der Waals surface area contributed by atoms with E-state index in [1.165, 1.54) is 39.5 Å². The largest absolute Gasteiger partial charge is 0.496 e. The molecule has 0 saturated carbocycles. The molecule has 0 radical (unpaired) electrons. The molecule has 34 heavy (non-hydrogen) atoms. The number of benzene rings is 3. The van der Waals surface area contributed by atoms with Crippen LogP contribution in [0.15, 0.2) is 60.7 Å². The van der Waals surface area contributed by atoms with E-state index < -0.39 is 17.8 Å². The van der Waals surface area contributed by atoms with Gasteiger partial charge in [0, 0.05) is 16.8 Å². The first kappa shape index (κ1) is 24.3. The highest BCUT2D eigenvalue weighted by molar-refractivity contribution is 6.06. The molecule has 3 aromatic carbocycles. The Kier molecular flexibility index (Phi) is 7.87. The van der Waals surface area contributed by atoms with Gasteiger partial charge in [-0.15, -0.1) is 0 Å². The molecule has 0 aromatic heterocycles. The Balaban J connectivity index is 1.85. The zero-order valence-corrected chi connectivity index (χ0v) is 19.3. The summed E-state index contributed by atoms with van der Waals surface area (Å²) in [6.07, 6.45) is 0. The number of aryl methyl sites for hydroxylation is 1. The molecule has 0 atom stereocenters. The van der Waals surface area contributed by atoms with Gasteiger partial charge < -0.3 is 24.3 Å². The topological polar surface area (TPSA) is 100 Å². The minimum absolute atomic E-state index is 0.0997. The van der Waals surface area contributed by atoms with Crippen LogP contribution in [0.5, 0.6) is 11.5 Å². The number of carbonyl (C=O) groups is 3. The van der Waals surface area contributed by atoms with Gasteiger partial charge in [0.2, 0.25) is 0 Å². The summed E-state index contributed by atoms with van der Waals surface area (Å²) in [6.45, 7) is 2.16.